The van der Waals surface area contributed by atoms with E-state index in [1.54, 1.807) is 18.2 Å². The van der Waals surface area contributed by atoms with Crippen molar-refractivity contribution in [3.8, 4) is 11.5 Å². The molecule has 0 amide bonds. The summed E-state index contributed by atoms with van der Waals surface area (Å²) >= 11 is 0. The Hall–Kier alpha value is -1.26. The van der Waals surface area contributed by atoms with E-state index in [0.717, 1.165) is 25.7 Å². The molecule has 0 saturated heterocycles. The molecule has 2 atom stereocenters. The van der Waals surface area contributed by atoms with Gasteiger partial charge >= 0.3 is 0 Å². The van der Waals surface area contributed by atoms with Gasteiger partial charge in [0.1, 0.15) is 17.1 Å². The summed E-state index contributed by atoms with van der Waals surface area (Å²) in [5.74, 6) is 0.858. The van der Waals surface area contributed by atoms with Crippen LogP contribution in [0.3, 0.4) is 0 Å². The number of phenolic OH excluding ortho intramolecular Hbond substituents is 1. The molecule has 1 aromatic carbocycles. The zero-order valence-corrected chi connectivity index (χ0v) is 14.8. The first-order chi connectivity index (χ1) is 11.5. The summed E-state index contributed by atoms with van der Waals surface area (Å²) in [6, 6.07) is 4.95. The highest BCUT2D eigenvalue weighted by molar-refractivity contribution is 5.43. The molecule has 24 heavy (non-hydrogen) atoms. The minimum atomic E-state index is -0.572. The third-order valence-corrected chi connectivity index (χ3v) is 4.95. The minimum absolute atomic E-state index is 0.166. The predicted molar refractivity (Wildman–Crippen MR) is 95.4 cm³/mol. The van der Waals surface area contributed by atoms with Gasteiger partial charge in [0.15, 0.2) is 0 Å². The van der Waals surface area contributed by atoms with Crippen LogP contribution in [0.25, 0.3) is 0 Å². The van der Waals surface area contributed by atoms with Gasteiger partial charge in [0.25, 0.3) is 0 Å². The van der Waals surface area contributed by atoms with Gasteiger partial charge < -0.3 is 20.1 Å². The second-order valence-corrected chi connectivity index (χ2v) is 7.30. The lowest BCUT2D eigenvalue weighted by molar-refractivity contribution is -0.00866. The third-order valence-electron chi connectivity index (χ3n) is 4.95. The van der Waals surface area contributed by atoms with Crippen molar-refractivity contribution in [2.75, 3.05) is 6.61 Å². The van der Waals surface area contributed by atoms with Crippen LogP contribution >= 0.6 is 0 Å². The highest BCUT2D eigenvalue weighted by Gasteiger charge is 2.36. The van der Waals surface area contributed by atoms with Crippen LogP contribution in [0.5, 0.6) is 11.5 Å². The van der Waals surface area contributed by atoms with Crippen molar-refractivity contribution in [1.29, 1.82) is 0 Å². The number of hydrogen-bond donors (Lipinski definition) is 3. The largest absolute Gasteiger partial charge is 0.508 e. The number of aliphatic hydroxyl groups excluding tert-OH is 2. The number of ether oxygens (including phenoxy) is 1. The van der Waals surface area contributed by atoms with Crippen LogP contribution < -0.4 is 4.74 Å². The van der Waals surface area contributed by atoms with E-state index < -0.39 is 6.10 Å². The lowest BCUT2D eigenvalue weighted by Gasteiger charge is -2.38. The number of hydrogen-bond acceptors (Lipinski definition) is 4. The standard InChI is InChI=1S/C20H32O4/c1-20(12-8-6-4-2-3-5-7-9-13-21)15-18(23)17-14-16(22)10-11-19(17)24-20/h10-11,14,18,21-23H,2-9,12-13,15H2,1H3. The Bertz CT molecular complexity index is 502. The van der Waals surface area contributed by atoms with Gasteiger partial charge in [-0.25, -0.2) is 0 Å². The van der Waals surface area contributed by atoms with Crippen LogP contribution in [-0.4, -0.2) is 27.5 Å². The smallest absolute Gasteiger partial charge is 0.126 e. The maximum absolute atomic E-state index is 10.4. The van der Waals surface area contributed by atoms with Crippen molar-refractivity contribution in [1.82, 2.24) is 0 Å². The molecule has 136 valence electrons. The van der Waals surface area contributed by atoms with E-state index in [2.05, 4.69) is 6.92 Å². The number of fused-ring (bicyclic) bond motifs is 1. The van der Waals surface area contributed by atoms with Gasteiger partial charge in [-0.3, -0.25) is 0 Å². The van der Waals surface area contributed by atoms with Crippen LogP contribution in [0, 0.1) is 0 Å². The van der Waals surface area contributed by atoms with Gasteiger partial charge in [0.05, 0.1) is 6.10 Å². The Morgan fingerprint density at radius 2 is 1.67 bits per heavy atom. The molecule has 2 rings (SSSR count). The van der Waals surface area contributed by atoms with E-state index >= 15 is 0 Å². The molecule has 0 fully saturated rings. The molecule has 0 spiro atoms. The SMILES string of the molecule is CC1(CCCCCCCCCCO)CC(O)c2cc(O)ccc2O1. The number of aliphatic hydroxyl groups is 2. The average molecular weight is 336 g/mol. The predicted octanol–water partition coefficient (Wildman–Crippen LogP) is 4.47. The van der Waals surface area contributed by atoms with Gasteiger partial charge in [-0.2, -0.15) is 0 Å². The van der Waals surface area contributed by atoms with Crippen molar-refractivity contribution >= 4 is 0 Å². The Balaban J connectivity index is 1.68. The van der Waals surface area contributed by atoms with E-state index in [1.165, 1.54) is 32.1 Å². The quantitative estimate of drug-likeness (QED) is 0.551. The average Bonchev–Trinajstić information content (AvgIpc) is 2.54. The number of benzene rings is 1. The van der Waals surface area contributed by atoms with Crippen molar-refractivity contribution in [2.45, 2.75) is 82.8 Å². The molecule has 1 heterocycles. The second kappa shape index (κ2) is 9.28. The Kier molecular flexibility index (Phi) is 7.38. The highest BCUT2D eigenvalue weighted by atomic mass is 16.5. The van der Waals surface area contributed by atoms with Gasteiger partial charge in [0, 0.05) is 18.6 Å². The van der Waals surface area contributed by atoms with Crippen LogP contribution in [0.4, 0.5) is 0 Å². The first-order valence-electron chi connectivity index (χ1n) is 9.35. The summed E-state index contributed by atoms with van der Waals surface area (Å²) in [5, 5.41) is 28.6. The maximum atomic E-state index is 10.4. The number of phenols is 1. The van der Waals surface area contributed by atoms with E-state index in [1.807, 2.05) is 0 Å². The van der Waals surface area contributed by atoms with Crippen molar-refractivity contribution in [2.24, 2.45) is 0 Å². The Morgan fingerprint density at radius 1 is 1.04 bits per heavy atom. The summed E-state index contributed by atoms with van der Waals surface area (Å²) in [5.41, 5.74) is 0.361. The topological polar surface area (TPSA) is 69.9 Å². The normalized spacial score (nSPS) is 22.9. The van der Waals surface area contributed by atoms with Crippen LogP contribution in [0.1, 0.15) is 82.8 Å². The molecule has 0 saturated carbocycles. The Labute approximate surface area is 145 Å². The fourth-order valence-corrected chi connectivity index (χ4v) is 3.54. The zero-order chi connectivity index (χ0) is 17.4. The molecule has 1 aliphatic rings. The molecule has 0 radical (unpaired) electrons. The zero-order valence-electron chi connectivity index (χ0n) is 14.8. The molecule has 4 heteroatoms. The van der Waals surface area contributed by atoms with Crippen molar-refractivity contribution in [3.63, 3.8) is 0 Å². The van der Waals surface area contributed by atoms with Crippen LogP contribution in [-0.2, 0) is 0 Å². The van der Waals surface area contributed by atoms with Crippen LogP contribution in [0.15, 0.2) is 18.2 Å². The van der Waals surface area contributed by atoms with Crippen molar-refractivity contribution in [3.05, 3.63) is 23.8 Å². The van der Waals surface area contributed by atoms with Gasteiger partial charge in [-0.15, -0.1) is 0 Å². The lowest BCUT2D eigenvalue weighted by Crippen LogP contribution is -2.38. The summed E-state index contributed by atoms with van der Waals surface area (Å²) in [6.45, 7) is 2.38. The number of aromatic hydroxyl groups is 1. The fourth-order valence-electron chi connectivity index (χ4n) is 3.54. The third kappa shape index (κ3) is 5.67. The van der Waals surface area contributed by atoms with E-state index in [9.17, 15) is 10.2 Å². The van der Waals surface area contributed by atoms with E-state index in [0.29, 0.717) is 24.3 Å². The number of rotatable bonds is 10. The molecule has 0 bridgehead atoms. The highest BCUT2D eigenvalue weighted by Crippen LogP contribution is 2.42. The fraction of sp³-hybridized carbons (Fsp3) is 0.700. The summed E-state index contributed by atoms with van der Waals surface area (Å²) in [4.78, 5) is 0. The molecule has 1 aliphatic heterocycles. The molecular formula is C20H32O4. The van der Waals surface area contributed by atoms with E-state index in [-0.39, 0.29) is 11.4 Å². The van der Waals surface area contributed by atoms with E-state index in [4.69, 9.17) is 9.84 Å². The van der Waals surface area contributed by atoms with Gasteiger partial charge in [-0.1, -0.05) is 38.5 Å². The van der Waals surface area contributed by atoms with Crippen molar-refractivity contribution < 1.29 is 20.1 Å². The monoisotopic (exact) mass is 336 g/mol. The minimum Gasteiger partial charge on any atom is -0.508 e. The molecule has 0 aliphatic carbocycles. The van der Waals surface area contributed by atoms with Crippen LogP contribution in [0.2, 0.25) is 0 Å². The lowest BCUT2D eigenvalue weighted by atomic mass is 9.86. The molecule has 0 aromatic heterocycles. The Morgan fingerprint density at radius 3 is 2.33 bits per heavy atom. The maximum Gasteiger partial charge on any atom is 0.126 e. The number of unbranched alkanes of at least 4 members (excludes halogenated alkanes) is 7. The van der Waals surface area contributed by atoms with Gasteiger partial charge in [-0.05, 0) is 44.4 Å². The first kappa shape index (κ1) is 19.1. The second-order valence-electron chi connectivity index (χ2n) is 7.30. The first-order valence-corrected chi connectivity index (χ1v) is 9.35. The summed E-state index contributed by atoms with van der Waals surface area (Å²) in [6.07, 6.45) is 10.3. The van der Waals surface area contributed by atoms with Gasteiger partial charge in [0.2, 0.25) is 0 Å². The molecular weight excluding hydrogens is 304 g/mol. The molecule has 4 nitrogen and oxygen atoms in total. The molecule has 1 aromatic rings. The summed E-state index contributed by atoms with van der Waals surface area (Å²) < 4.78 is 6.12. The summed E-state index contributed by atoms with van der Waals surface area (Å²) in [7, 11) is 0. The molecule has 2 unspecified atom stereocenters. The molecule has 3 N–H and O–H groups in total.